The third-order valence-corrected chi connectivity index (χ3v) is 8.57. The fourth-order valence-corrected chi connectivity index (χ4v) is 6.29. The second kappa shape index (κ2) is 11.5. The van der Waals surface area contributed by atoms with Gasteiger partial charge in [0, 0.05) is 48.5 Å². The standard InChI is InChI=1S/C32H40N2O10/c1-14-26(36)17(33)9-21(43-14)44-19-11-32(41,20(12-35)34-13-31(2,3)4)10-16-23(19)30(40)25-24(28(16)38)27(37)15-7-6-8-18(42-5)22(15)29(25)39/h6-8,14,17,19,21,26,35-36,38,40-41H,9-13,33H2,1-5H3/t14?,17?,19-,21?,26?,32?/m0/s1. The highest BCUT2D eigenvalue weighted by Gasteiger charge is 2.49. The van der Waals surface area contributed by atoms with E-state index in [1.165, 1.54) is 25.3 Å². The highest BCUT2D eigenvalue weighted by atomic mass is 16.7. The molecule has 6 atom stereocenters. The summed E-state index contributed by atoms with van der Waals surface area (Å²) in [5.74, 6) is -2.48. The minimum Gasteiger partial charge on any atom is -0.507 e. The molecule has 5 unspecified atom stereocenters. The topological polar surface area (TPSA) is 201 Å². The van der Waals surface area contributed by atoms with Gasteiger partial charge in [0.15, 0.2) is 12.1 Å². The Morgan fingerprint density at radius 3 is 2.43 bits per heavy atom. The quantitative estimate of drug-likeness (QED) is 0.175. The molecule has 2 aromatic rings. The number of rotatable bonds is 6. The summed E-state index contributed by atoms with van der Waals surface area (Å²) in [5, 5.41) is 56.1. The Kier molecular flexibility index (Phi) is 8.38. The number of fused-ring (bicyclic) bond motifs is 3. The second-order valence-electron chi connectivity index (χ2n) is 13.1. The van der Waals surface area contributed by atoms with E-state index in [0.717, 1.165) is 0 Å². The van der Waals surface area contributed by atoms with Gasteiger partial charge in [0.2, 0.25) is 5.78 Å². The van der Waals surface area contributed by atoms with Gasteiger partial charge in [-0.05, 0) is 18.4 Å². The van der Waals surface area contributed by atoms with Crippen molar-refractivity contribution in [3.05, 3.63) is 51.6 Å². The van der Waals surface area contributed by atoms with E-state index in [-0.39, 0.29) is 64.9 Å². The number of benzene rings is 2. The summed E-state index contributed by atoms with van der Waals surface area (Å²) in [7, 11) is 1.35. The summed E-state index contributed by atoms with van der Waals surface area (Å²) in [6, 6.07) is 3.79. The smallest absolute Gasteiger partial charge is 0.202 e. The van der Waals surface area contributed by atoms with E-state index >= 15 is 0 Å². The Balaban J connectivity index is 1.69. The SMILES string of the molecule is COc1cccc2c1C(=O)c1c(O)c3c(c(O)c1C2=O)CC(O)(C(CO)=NCC(C)(C)C)C[C@@H]3OC1CC(N)C(O)C(C)O1. The molecule has 44 heavy (non-hydrogen) atoms. The number of nitrogens with zero attached hydrogens (tertiary/aromatic N) is 1. The molecule has 3 aliphatic rings. The number of aromatic hydroxyl groups is 2. The van der Waals surface area contributed by atoms with Crippen LogP contribution >= 0.6 is 0 Å². The first-order valence-electron chi connectivity index (χ1n) is 14.6. The van der Waals surface area contributed by atoms with Gasteiger partial charge in [0.05, 0.1) is 54.4 Å². The molecule has 1 fully saturated rings. The molecule has 12 heteroatoms. The molecule has 12 nitrogen and oxygen atoms in total. The van der Waals surface area contributed by atoms with Crippen molar-refractivity contribution in [2.45, 2.75) is 83.2 Å². The lowest BCUT2D eigenvalue weighted by Crippen LogP contribution is -2.53. The number of phenols is 2. The molecule has 0 saturated carbocycles. The number of aliphatic hydroxyl groups excluding tert-OH is 2. The van der Waals surface area contributed by atoms with Crippen LogP contribution in [-0.2, 0) is 15.9 Å². The van der Waals surface area contributed by atoms with Crippen LogP contribution in [0.25, 0.3) is 0 Å². The van der Waals surface area contributed by atoms with E-state index in [1.54, 1.807) is 6.92 Å². The van der Waals surface area contributed by atoms with Gasteiger partial charge < -0.3 is 45.5 Å². The van der Waals surface area contributed by atoms with Crippen LogP contribution in [0.1, 0.15) is 89.6 Å². The zero-order chi connectivity index (χ0) is 32.3. The van der Waals surface area contributed by atoms with E-state index in [1.807, 2.05) is 20.8 Å². The number of ether oxygens (including phenoxy) is 3. The van der Waals surface area contributed by atoms with Crippen molar-refractivity contribution >= 4 is 17.3 Å². The van der Waals surface area contributed by atoms with Crippen LogP contribution in [0, 0.1) is 5.41 Å². The third kappa shape index (κ3) is 5.40. The molecule has 1 aliphatic heterocycles. The number of nitrogens with two attached hydrogens (primary N) is 1. The van der Waals surface area contributed by atoms with Crippen LogP contribution in [0.4, 0.5) is 0 Å². The number of carbonyl (C=O) groups is 2. The molecule has 0 radical (unpaired) electrons. The number of aliphatic hydroxyl groups is 3. The molecule has 7 N–H and O–H groups in total. The van der Waals surface area contributed by atoms with Crippen LogP contribution in [0.3, 0.4) is 0 Å². The minimum absolute atomic E-state index is 0.00435. The summed E-state index contributed by atoms with van der Waals surface area (Å²) in [6.45, 7) is 7.13. The molecule has 2 aromatic carbocycles. The molecule has 5 rings (SSSR count). The van der Waals surface area contributed by atoms with Crippen LogP contribution in [0.2, 0.25) is 0 Å². The summed E-state index contributed by atoms with van der Waals surface area (Å²) >= 11 is 0. The average molecular weight is 613 g/mol. The zero-order valence-electron chi connectivity index (χ0n) is 25.5. The van der Waals surface area contributed by atoms with Crippen LogP contribution in [-0.4, -0.2) is 93.2 Å². The first-order chi connectivity index (χ1) is 20.6. The van der Waals surface area contributed by atoms with E-state index < -0.39 is 77.0 Å². The number of aliphatic imine (C=N–C) groups is 1. The normalized spacial score (nSPS) is 28.8. The van der Waals surface area contributed by atoms with Crippen molar-refractivity contribution in [2.24, 2.45) is 16.1 Å². The first-order valence-corrected chi connectivity index (χ1v) is 14.6. The molecule has 0 spiro atoms. The second-order valence-corrected chi connectivity index (χ2v) is 13.1. The third-order valence-electron chi connectivity index (χ3n) is 8.57. The van der Waals surface area contributed by atoms with Gasteiger partial charge in [-0.15, -0.1) is 0 Å². The van der Waals surface area contributed by atoms with Crippen molar-refractivity contribution in [3.63, 3.8) is 0 Å². The lowest BCUT2D eigenvalue weighted by molar-refractivity contribution is -0.245. The summed E-state index contributed by atoms with van der Waals surface area (Å²) in [5.41, 5.74) is 3.11. The van der Waals surface area contributed by atoms with Gasteiger partial charge in [-0.2, -0.15) is 0 Å². The number of ketones is 2. The molecular formula is C32H40N2O10. The fraction of sp³-hybridized carbons (Fsp3) is 0.531. The Labute approximate surface area is 255 Å². The predicted molar refractivity (Wildman–Crippen MR) is 159 cm³/mol. The molecule has 0 bridgehead atoms. The molecule has 1 heterocycles. The van der Waals surface area contributed by atoms with E-state index in [2.05, 4.69) is 4.99 Å². The van der Waals surface area contributed by atoms with Crippen molar-refractivity contribution in [3.8, 4) is 17.2 Å². The predicted octanol–water partition coefficient (Wildman–Crippen LogP) is 1.92. The molecular weight excluding hydrogens is 572 g/mol. The number of carbonyl (C=O) groups excluding carboxylic acids is 2. The van der Waals surface area contributed by atoms with Gasteiger partial charge in [-0.25, -0.2) is 0 Å². The largest absolute Gasteiger partial charge is 0.507 e. The first kappa shape index (κ1) is 32.0. The van der Waals surface area contributed by atoms with E-state index in [0.29, 0.717) is 0 Å². The highest BCUT2D eigenvalue weighted by Crippen LogP contribution is 2.52. The molecule has 1 saturated heterocycles. The fourth-order valence-electron chi connectivity index (χ4n) is 6.29. The molecule has 0 aromatic heterocycles. The van der Waals surface area contributed by atoms with Gasteiger partial charge in [0.25, 0.3) is 0 Å². The Bertz CT molecular complexity index is 1520. The van der Waals surface area contributed by atoms with Crippen LogP contribution in [0.5, 0.6) is 17.2 Å². The number of methoxy groups -OCH3 is 1. The zero-order valence-corrected chi connectivity index (χ0v) is 25.5. The van der Waals surface area contributed by atoms with E-state index in [9.17, 15) is 35.1 Å². The minimum atomic E-state index is -1.87. The number of phenolic OH excluding ortho intramolecular Hbond substituents is 2. The van der Waals surface area contributed by atoms with Gasteiger partial charge in [-0.3, -0.25) is 14.6 Å². The van der Waals surface area contributed by atoms with Crippen molar-refractivity contribution < 1.29 is 49.3 Å². The molecule has 0 amide bonds. The number of hydrogen-bond acceptors (Lipinski definition) is 12. The lowest BCUT2D eigenvalue weighted by atomic mass is 9.71. The monoisotopic (exact) mass is 612 g/mol. The van der Waals surface area contributed by atoms with Crippen molar-refractivity contribution in [2.75, 3.05) is 20.3 Å². The average Bonchev–Trinajstić information content (AvgIpc) is 2.95. The van der Waals surface area contributed by atoms with Crippen molar-refractivity contribution in [1.29, 1.82) is 0 Å². The summed E-state index contributed by atoms with van der Waals surface area (Å²) in [6.07, 6.45) is -4.37. The Hall–Kier alpha value is -3.39. The van der Waals surface area contributed by atoms with Crippen molar-refractivity contribution in [1.82, 2.24) is 0 Å². The maximum Gasteiger partial charge on any atom is 0.202 e. The summed E-state index contributed by atoms with van der Waals surface area (Å²) < 4.78 is 17.5. The summed E-state index contributed by atoms with van der Waals surface area (Å²) in [4.78, 5) is 32.1. The van der Waals surface area contributed by atoms with Gasteiger partial charge in [-0.1, -0.05) is 32.9 Å². The Morgan fingerprint density at radius 2 is 1.82 bits per heavy atom. The number of hydrogen-bond donors (Lipinski definition) is 6. The molecule has 238 valence electrons. The molecule has 2 aliphatic carbocycles. The van der Waals surface area contributed by atoms with Gasteiger partial charge in [0.1, 0.15) is 22.8 Å². The highest BCUT2D eigenvalue weighted by molar-refractivity contribution is 6.31. The van der Waals surface area contributed by atoms with E-state index in [4.69, 9.17) is 19.9 Å². The van der Waals surface area contributed by atoms with Crippen LogP contribution in [0.15, 0.2) is 23.2 Å². The maximum atomic E-state index is 13.9. The maximum absolute atomic E-state index is 13.9. The van der Waals surface area contributed by atoms with Gasteiger partial charge >= 0.3 is 0 Å². The van der Waals surface area contributed by atoms with Crippen LogP contribution < -0.4 is 10.5 Å². The lowest BCUT2D eigenvalue weighted by Gasteiger charge is -2.43. The Morgan fingerprint density at radius 1 is 1.14 bits per heavy atom.